The largest absolute Gasteiger partial charge is 0.354 e. The molecule has 3 aromatic rings. The first-order valence-corrected chi connectivity index (χ1v) is 14.9. The average Bonchev–Trinajstić information content (AvgIpc) is 3.06. The Labute approximate surface area is 225 Å². The van der Waals surface area contributed by atoms with Crippen LogP contribution in [0.4, 0.5) is 17.1 Å². The zero-order valence-corrected chi connectivity index (χ0v) is 22.5. The highest BCUT2D eigenvalue weighted by atomic mass is 32.2. The summed E-state index contributed by atoms with van der Waals surface area (Å²) in [6.45, 7) is 4.83. The fourth-order valence-corrected chi connectivity index (χ4v) is 5.64. The highest BCUT2D eigenvalue weighted by Crippen LogP contribution is 2.39. The van der Waals surface area contributed by atoms with E-state index in [1.165, 1.54) is 31.2 Å². The van der Waals surface area contributed by atoms with Crippen LogP contribution in [0.2, 0.25) is 0 Å². The van der Waals surface area contributed by atoms with Gasteiger partial charge in [0, 0.05) is 29.2 Å². The molecule has 3 N–H and O–H groups in total. The quantitative estimate of drug-likeness (QED) is 0.322. The van der Waals surface area contributed by atoms with Crippen LogP contribution in [-0.4, -0.2) is 38.1 Å². The summed E-state index contributed by atoms with van der Waals surface area (Å²) in [6.07, 6.45) is 5.16. The van der Waals surface area contributed by atoms with Gasteiger partial charge in [-0.2, -0.15) is 0 Å². The van der Waals surface area contributed by atoms with Gasteiger partial charge in [0.2, 0.25) is 10.0 Å². The van der Waals surface area contributed by atoms with Crippen LogP contribution in [0.1, 0.15) is 49.3 Å². The van der Waals surface area contributed by atoms with Crippen LogP contribution < -0.4 is 15.4 Å². The molecule has 0 aliphatic carbocycles. The van der Waals surface area contributed by atoms with E-state index in [2.05, 4.69) is 44.5 Å². The summed E-state index contributed by atoms with van der Waals surface area (Å²) in [5.41, 5.74) is 5.85. The zero-order valence-electron chi connectivity index (χ0n) is 21.7. The molecule has 0 saturated carbocycles. The molecule has 2 aliphatic rings. The monoisotopic (exact) mass is 530 g/mol. The van der Waals surface area contributed by atoms with Gasteiger partial charge < -0.3 is 10.6 Å². The van der Waals surface area contributed by atoms with Crippen molar-refractivity contribution < 1.29 is 13.2 Å². The smallest absolute Gasteiger partial charge is 0.258 e. The number of likely N-dealkylation sites (tertiary alicyclic amines) is 1. The third-order valence-corrected chi connectivity index (χ3v) is 8.36. The predicted molar refractivity (Wildman–Crippen MR) is 155 cm³/mol. The molecule has 1 amide bonds. The Kier molecular flexibility index (Phi) is 7.81. The Bertz CT molecular complexity index is 1430. The van der Waals surface area contributed by atoms with E-state index in [4.69, 9.17) is 0 Å². The summed E-state index contributed by atoms with van der Waals surface area (Å²) in [6, 6.07) is 23.2. The molecule has 1 fully saturated rings. The molecule has 0 unspecified atom stereocenters. The van der Waals surface area contributed by atoms with Gasteiger partial charge in [-0.15, -0.1) is 0 Å². The second-order valence-electron chi connectivity index (χ2n) is 9.85. The van der Waals surface area contributed by atoms with Crippen LogP contribution in [0, 0.1) is 0 Å². The van der Waals surface area contributed by atoms with Crippen LogP contribution in [-0.2, 0) is 21.4 Å². The van der Waals surface area contributed by atoms with Gasteiger partial charge in [0.05, 0.1) is 17.0 Å². The van der Waals surface area contributed by atoms with Gasteiger partial charge in [0.1, 0.15) is 0 Å². The van der Waals surface area contributed by atoms with Crippen LogP contribution in [0.3, 0.4) is 0 Å². The second-order valence-corrected chi connectivity index (χ2v) is 11.9. The van der Waals surface area contributed by atoms with E-state index in [1.807, 2.05) is 30.3 Å². The molecule has 198 valence electrons. The Morgan fingerprint density at radius 3 is 2.26 bits per heavy atom. The number of anilines is 3. The first kappa shape index (κ1) is 26.0. The van der Waals surface area contributed by atoms with Gasteiger partial charge in [-0.3, -0.25) is 14.4 Å². The lowest BCUT2D eigenvalue weighted by molar-refractivity contribution is -0.110. The average molecular weight is 531 g/mol. The molecule has 8 heteroatoms. The Balaban J connectivity index is 1.48. The predicted octanol–water partition coefficient (Wildman–Crippen LogP) is 5.76. The molecule has 2 heterocycles. The fraction of sp³-hybridized carbons (Fsp3) is 0.300. The topological polar surface area (TPSA) is 90.5 Å². The van der Waals surface area contributed by atoms with Gasteiger partial charge in [-0.05, 0) is 74.3 Å². The van der Waals surface area contributed by atoms with Crippen LogP contribution in [0.25, 0.3) is 11.3 Å². The number of hydrogen-bond donors (Lipinski definition) is 3. The summed E-state index contributed by atoms with van der Waals surface area (Å²) in [5.74, 6) is -0.270. The van der Waals surface area contributed by atoms with Crippen LogP contribution in [0.15, 0.2) is 72.8 Å². The van der Waals surface area contributed by atoms with Crippen molar-refractivity contribution in [3.63, 3.8) is 0 Å². The van der Waals surface area contributed by atoms with Gasteiger partial charge in [0.15, 0.2) is 0 Å². The van der Waals surface area contributed by atoms with Gasteiger partial charge >= 0.3 is 0 Å². The molecular weight excluding hydrogens is 496 g/mol. The number of sulfonamides is 1. The van der Waals surface area contributed by atoms with Gasteiger partial charge in [-0.25, -0.2) is 8.42 Å². The summed E-state index contributed by atoms with van der Waals surface area (Å²) in [5, 5.41) is 6.42. The first-order chi connectivity index (χ1) is 18.4. The lowest BCUT2D eigenvalue weighted by Crippen LogP contribution is -2.23. The van der Waals surface area contributed by atoms with E-state index in [0.29, 0.717) is 28.2 Å². The second kappa shape index (κ2) is 11.4. The third kappa shape index (κ3) is 6.09. The standard InChI is InChI=1S/C30H34N4O3S/c1-2-38(36,37)33-25-16-17-27-26(20-25)28(30(35)32-27)29(23-10-6-5-7-11-23)31-24-14-12-22(13-15-24)21-34-18-8-3-4-9-19-34/h5-7,10-17,20,31,33H,2-4,8-9,18-19,21H2,1H3,(H,32,35)/b29-28-. The highest BCUT2D eigenvalue weighted by molar-refractivity contribution is 7.92. The number of benzene rings is 3. The highest BCUT2D eigenvalue weighted by Gasteiger charge is 2.29. The van der Waals surface area contributed by atoms with E-state index in [1.54, 1.807) is 25.1 Å². The normalized spacial score (nSPS) is 17.3. The first-order valence-electron chi connectivity index (χ1n) is 13.3. The molecule has 2 aliphatic heterocycles. The summed E-state index contributed by atoms with van der Waals surface area (Å²) >= 11 is 0. The SMILES string of the molecule is CCS(=O)(=O)Nc1ccc2c(c1)/C(=C(/Nc1ccc(CN3CCCCCC3)cc1)c1ccccc1)C(=O)N2. The summed E-state index contributed by atoms with van der Waals surface area (Å²) in [7, 11) is -3.45. The molecule has 0 atom stereocenters. The van der Waals surface area contributed by atoms with Crippen molar-refractivity contribution in [2.45, 2.75) is 39.2 Å². The summed E-state index contributed by atoms with van der Waals surface area (Å²) < 4.78 is 26.9. The van der Waals surface area contributed by atoms with Crippen molar-refractivity contribution in [2.24, 2.45) is 0 Å². The lowest BCUT2D eigenvalue weighted by Gasteiger charge is -2.20. The molecule has 38 heavy (non-hydrogen) atoms. The van der Waals surface area contributed by atoms with Crippen LogP contribution in [0.5, 0.6) is 0 Å². The minimum atomic E-state index is -3.45. The van der Waals surface area contributed by atoms with Crippen molar-refractivity contribution in [3.05, 3.63) is 89.5 Å². The molecule has 0 radical (unpaired) electrons. The number of hydrogen-bond acceptors (Lipinski definition) is 5. The number of carbonyl (C=O) groups is 1. The van der Waals surface area contributed by atoms with Crippen LogP contribution >= 0.6 is 0 Å². The van der Waals surface area contributed by atoms with Crippen molar-refractivity contribution in [2.75, 3.05) is 34.2 Å². The van der Waals surface area contributed by atoms with Crippen molar-refractivity contribution in [1.82, 2.24) is 4.90 Å². The van der Waals surface area contributed by atoms with Gasteiger partial charge in [0.25, 0.3) is 5.91 Å². The maximum atomic E-state index is 13.2. The Hall–Kier alpha value is -3.62. The van der Waals surface area contributed by atoms with Crippen molar-refractivity contribution >= 4 is 44.3 Å². The Morgan fingerprint density at radius 2 is 1.58 bits per heavy atom. The number of fused-ring (bicyclic) bond motifs is 1. The third-order valence-electron chi connectivity index (χ3n) is 7.06. The molecule has 3 aromatic carbocycles. The number of nitrogens with zero attached hydrogens (tertiary/aromatic N) is 1. The van der Waals surface area contributed by atoms with E-state index < -0.39 is 10.0 Å². The lowest BCUT2D eigenvalue weighted by atomic mass is 9.99. The molecular formula is C30H34N4O3S. The fourth-order valence-electron chi connectivity index (χ4n) is 5.00. The van der Waals surface area contributed by atoms with E-state index in [9.17, 15) is 13.2 Å². The van der Waals surface area contributed by atoms with Crippen molar-refractivity contribution in [1.29, 1.82) is 0 Å². The Morgan fingerprint density at radius 1 is 0.895 bits per heavy atom. The van der Waals surface area contributed by atoms with E-state index >= 15 is 0 Å². The van der Waals surface area contributed by atoms with Crippen molar-refractivity contribution in [3.8, 4) is 0 Å². The minimum Gasteiger partial charge on any atom is -0.354 e. The number of amides is 1. The molecule has 0 spiro atoms. The number of nitrogens with one attached hydrogen (secondary N) is 3. The zero-order chi connectivity index (χ0) is 26.5. The molecule has 0 aromatic heterocycles. The molecule has 1 saturated heterocycles. The maximum Gasteiger partial charge on any atom is 0.258 e. The minimum absolute atomic E-state index is 0.0332. The number of rotatable bonds is 8. The molecule has 7 nitrogen and oxygen atoms in total. The van der Waals surface area contributed by atoms with E-state index in [-0.39, 0.29) is 11.7 Å². The van der Waals surface area contributed by atoms with E-state index in [0.717, 1.165) is 30.9 Å². The summed E-state index contributed by atoms with van der Waals surface area (Å²) in [4.78, 5) is 15.8. The number of carbonyl (C=O) groups excluding carboxylic acids is 1. The maximum absolute atomic E-state index is 13.2. The molecule has 0 bridgehead atoms. The molecule has 5 rings (SSSR count). The van der Waals surface area contributed by atoms with Gasteiger partial charge in [-0.1, -0.05) is 55.3 Å².